The van der Waals surface area contributed by atoms with Crippen LogP contribution in [0.4, 0.5) is 0 Å². The van der Waals surface area contributed by atoms with Crippen molar-refractivity contribution in [1.82, 2.24) is 0 Å². The Bertz CT molecular complexity index is 1130. The molecule has 4 aliphatic carbocycles. The van der Waals surface area contributed by atoms with Gasteiger partial charge < -0.3 is 19.7 Å². The summed E-state index contributed by atoms with van der Waals surface area (Å²) in [5, 5.41) is 24.3. The van der Waals surface area contributed by atoms with Crippen LogP contribution >= 0.6 is 0 Å². The zero-order valence-electron chi connectivity index (χ0n) is 25.8. The lowest BCUT2D eigenvalue weighted by Crippen LogP contribution is -2.61. The molecule has 0 unspecified atom stereocenters. The average molecular weight is 571 g/mol. The minimum absolute atomic E-state index is 0.0177. The van der Waals surface area contributed by atoms with E-state index in [1.807, 2.05) is 13.0 Å². The van der Waals surface area contributed by atoms with Crippen molar-refractivity contribution in [1.29, 1.82) is 0 Å². The van der Waals surface area contributed by atoms with Gasteiger partial charge in [-0.1, -0.05) is 64.8 Å². The summed E-state index contributed by atoms with van der Waals surface area (Å²) in [6.07, 6.45) is 16.3. The standard InChI is InChI=1S/C34H50O7/c1-7-8-9-10-11-12-13-14-15-16-28(36)41-33-19-23(3)34(39)26(29(33)31(33,5)6)18-25(21-40-24(4)35)20-32(38)27(34)17-22(2)30(32)37/h11-12,17-18,23,26-27,29,38-39H,7-10,13-16,19-21H2,1-6H3/b12-11-/t23-,26+,27+,29-,32-,33+,34-/m1/s1. The van der Waals surface area contributed by atoms with Crippen molar-refractivity contribution in [2.75, 3.05) is 6.61 Å². The highest BCUT2D eigenvalue weighted by Gasteiger charge is 2.83. The highest BCUT2D eigenvalue weighted by atomic mass is 16.6. The Kier molecular flexibility index (Phi) is 9.11. The first kappa shape index (κ1) is 31.7. The van der Waals surface area contributed by atoms with E-state index in [0.717, 1.165) is 25.7 Å². The SMILES string of the molecule is CCCCC/C=C\CCCCC(=O)O[C@@]12C[C@@H](C)[C@]3(O)[C@H]4C=C(C)C(=O)[C@@]4(O)CC(COC(C)=O)=C[C@H]3[C@@H]1C2(C)C. The maximum absolute atomic E-state index is 13.2. The van der Waals surface area contributed by atoms with Gasteiger partial charge in [0.1, 0.15) is 17.8 Å². The van der Waals surface area contributed by atoms with Gasteiger partial charge in [-0.3, -0.25) is 14.4 Å². The number of carbonyl (C=O) groups excluding carboxylic acids is 3. The smallest absolute Gasteiger partial charge is 0.306 e. The van der Waals surface area contributed by atoms with Gasteiger partial charge in [0, 0.05) is 42.9 Å². The molecular weight excluding hydrogens is 520 g/mol. The normalized spacial score (nSPS) is 36.9. The fraction of sp³-hybridized carbons (Fsp3) is 0.735. The molecule has 2 fully saturated rings. The van der Waals surface area contributed by atoms with Crippen LogP contribution in [0.1, 0.15) is 106 Å². The lowest BCUT2D eigenvalue weighted by atomic mass is 9.60. The van der Waals surface area contributed by atoms with Gasteiger partial charge in [0.05, 0.1) is 5.60 Å². The molecule has 0 aromatic rings. The summed E-state index contributed by atoms with van der Waals surface area (Å²) < 4.78 is 11.6. The molecule has 41 heavy (non-hydrogen) atoms. The number of carbonyl (C=O) groups is 3. The molecule has 0 aliphatic heterocycles. The Hall–Kier alpha value is -2.25. The van der Waals surface area contributed by atoms with Crippen LogP contribution < -0.4 is 0 Å². The summed E-state index contributed by atoms with van der Waals surface area (Å²) >= 11 is 0. The quantitative estimate of drug-likeness (QED) is 0.174. The Labute approximate surface area is 245 Å². The molecule has 0 heterocycles. The third-order valence-corrected chi connectivity index (χ3v) is 10.6. The minimum Gasteiger partial charge on any atom is -0.461 e. The summed E-state index contributed by atoms with van der Waals surface area (Å²) in [6.45, 7) is 11.2. The first-order valence-corrected chi connectivity index (χ1v) is 15.6. The van der Waals surface area contributed by atoms with E-state index in [2.05, 4.69) is 32.9 Å². The molecule has 228 valence electrons. The van der Waals surface area contributed by atoms with Gasteiger partial charge in [0.25, 0.3) is 0 Å². The van der Waals surface area contributed by atoms with Crippen molar-refractivity contribution in [3.8, 4) is 0 Å². The first-order valence-electron chi connectivity index (χ1n) is 15.6. The number of aliphatic hydroxyl groups is 2. The highest BCUT2D eigenvalue weighted by Crippen LogP contribution is 2.76. The summed E-state index contributed by atoms with van der Waals surface area (Å²) in [6, 6.07) is 0. The van der Waals surface area contributed by atoms with Gasteiger partial charge in [-0.25, -0.2) is 0 Å². The minimum atomic E-state index is -1.81. The van der Waals surface area contributed by atoms with Crippen molar-refractivity contribution < 1.29 is 34.1 Å². The van der Waals surface area contributed by atoms with Crippen LogP contribution in [0.15, 0.2) is 35.5 Å². The Balaban J connectivity index is 1.52. The maximum Gasteiger partial charge on any atom is 0.306 e. The van der Waals surface area contributed by atoms with Gasteiger partial charge in [-0.05, 0) is 62.5 Å². The molecule has 7 heteroatoms. The molecule has 0 bridgehead atoms. The van der Waals surface area contributed by atoms with E-state index in [1.54, 1.807) is 13.0 Å². The van der Waals surface area contributed by atoms with Crippen LogP contribution in [-0.4, -0.2) is 51.3 Å². The molecule has 2 N–H and O–H groups in total. The average Bonchev–Trinajstić information content (AvgIpc) is 3.30. The Morgan fingerprint density at radius 3 is 2.37 bits per heavy atom. The first-order chi connectivity index (χ1) is 19.3. The van der Waals surface area contributed by atoms with E-state index in [1.165, 1.54) is 26.2 Å². The van der Waals surface area contributed by atoms with Crippen LogP contribution in [0.3, 0.4) is 0 Å². The van der Waals surface area contributed by atoms with E-state index in [4.69, 9.17) is 9.47 Å². The Morgan fingerprint density at radius 2 is 1.73 bits per heavy atom. The molecule has 0 amide bonds. The number of unbranched alkanes of at least 4 members (excludes halogenated alkanes) is 5. The van der Waals surface area contributed by atoms with Gasteiger partial charge >= 0.3 is 11.9 Å². The lowest BCUT2D eigenvalue weighted by Gasteiger charge is -2.50. The number of ketones is 1. The van der Waals surface area contributed by atoms with E-state index in [9.17, 15) is 24.6 Å². The van der Waals surface area contributed by atoms with Crippen LogP contribution in [0.2, 0.25) is 0 Å². The monoisotopic (exact) mass is 570 g/mol. The van der Waals surface area contributed by atoms with Gasteiger partial charge in [-0.15, -0.1) is 0 Å². The van der Waals surface area contributed by atoms with E-state index < -0.39 is 45.8 Å². The third kappa shape index (κ3) is 5.49. The molecule has 0 spiro atoms. The predicted molar refractivity (Wildman–Crippen MR) is 157 cm³/mol. The summed E-state index contributed by atoms with van der Waals surface area (Å²) in [7, 11) is 0. The molecule has 2 saturated carbocycles. The summed E-state index contributed by atoms with van der Waals surface area (Å²) in [5.41, 5.74) is -3.37. The molecule has 4 rings (SSSR count). The molecule has 0 aromatic heterocycles. The number of rotatable bonds is 12. The Morgan fingerprint density at radius 1 is 1.07 bits per heavy atom. The molecule has 4 aliphatic rings. The van der Waals surface area contributed by atoms with Crippen molar-refractivity contribution in [3.63, 3.8) is 0 Å². The zero-order chi connectivity index (χ0) is 30.2. The van der Waals surface area contributed by atoms with Crippen molar-refractivity contribution in [2.45, 2.75) is 123 Å². The van der Waals surface area contributed by atoms with Gasteiger partial charge in [0.15, 0.2) is 5.78 Å². The van der Waals surface area contributed by atoms with Crippen molar-refractivity contribution in [3.05, 3.63) is 35.5 Å². The van der Waals surface area contributed by atoms with Gasteiger partial charge in [-0.2, -0.15) is 0 Å². The fourth-order valence-corrected chi connectivity index (χ4v) is 8.32. The molecule has 7 atom stereocenters. The molecular formula is C34H50O7. The second-order valence-electron chi connectivity index (χ2n) is 13.7. The maximum atomic E-state index is 13.2. The van der Waals surface area contributed by atoms with Crippen molar-refractivity contribution in [2.24, 2.45) is 29.1 Å². The van der Waals surface area contributed by atoms with Crippen molar-refractivity contribution >= 4 is 17.7 Å². The second kappa shape index (κ2) is 11.8. The number of allylic oxidation sites excluding steroid dienone is 2. The second-order valence-corrected chi connectivity index (χ2v) is 13.7. The number of Topliss-reactive ketones (excluding diaryl/α,β-unsaturated/α-hetero) is 1. The summed E-state index contributed by atoms with van der Waals surface area (Å²) in [4.78, 5) is 38.0. The van der Waals surface area contributed by atoms with Crippen LogP contribution in [-0.2, 0) is 23.9 Å². The van der Waals surface area contributed by atoms with Crippen LogP contribution in [0.5, 0.6) is 0 Å². The number of fused-ring (bicyclic) bond motifs is 5. The fourth-order valence-electron chi connectivity index (χ4n) is 8.32. The van der Waals surface area contributed by atoms with Crippen LogP contribution in [0, 0.1) is 29.1 Å². The van der Waals surface area contributed by atoms with E-state index in [-0.39, 0.29) is 30.8 Å². The molecule has 0 radical (unpaired) electrons. The molecule has 7 nitrogen and oxygen atoms in total. The van der Waals surface area contributed by atoms with Gasteiger partial charge in [0.2, 0.25) is 0 Å². The lowest BCUT2D eigenvalue weighted by molar-refractivity contribution is -0.187. The molecule has 0 saturated heterocycles. The van der Waals surface area contributed by atoms with E-state index in [0.29, 0.717) is 24.0 Å². The zero-order valence-corrected chi connectivity index (χ0v) is 25.8. The number of ether oxygens (including phenoxy) is 2. The predicted octanol–water partition coefficient (Wildman–Crippen LogP) is 5.78. The highest BCUT2D eigenvalue weighted by molar-refractivity contribution is 6.04. The topological polar surface area (TPSA) is 110 Å². The number of hydrogen-bond donors (Lipinski definition) is 2. The third-order valence-electron chi connectivity index (χ3n) is 10.6. The number of esters is 2. The largest absolute Gasteiger partial charge is 0.461 e. The van der Waals surface area contributed by atoms with E-state index >= 15 is 0 Å². The van der Waals surface area contributed by atoms with Crippen LogP contribution in [0.25, 0.3) is 0 Å². The number of hydrogen-bond acceptors (Lipinski definition) is 7. The summed E-state index contributed by atoms with van der Waals surface area (Å²) in [5.74, 6) is -2.95. The molecule has 0 aromatic carbocycles.